The van der Waals surface area contributed by atoms with Crippen molar-refractivity contribution in [2.75, 3.05) is 0 Å². The van der Waals surface area contributed by atoms with E-state index in [1.165, 1.54) is 49.9 Å². The van der Waals surface area contributed by atoms with Crippen molar-refractivity contribution in [3.8, 4) is 6.07 Å². The molecule has 0 bridgehead atoms. The molecule has 106 valence electrons. The van der Waals surface area contributed by atoms with Gasteiger partial charge in [-0.15, -0.1) is 0 Å². The summed E-state index contributed by atoms with van der Waals surface area (Å²) in [5, 5.41) is 9.24. The standard InChI is InChI=1S/C17H20FNO/c18-15-9-7-14(8-10-15)16(12-19)17(20)11-13-5-3-1-2-4-6-13/h7-10,13,16H,1-6,11H2. The third-order valence-electron chi connectivity index (χ3n) is 4.12. The average molecular weight is 273 g/mol. The summed E-state index contributed by atoms with van der Waals surface area (Å²) in [7, 11) is 0. The molecule has 0 N–H and O–H groups in total. The molecule has 0 saturated heterocycles. The van der Waals surface area contributed by atoms with Crippen molar-refractivity contribution in [1.82, 2.24) is 0 Å². The van der Waals surface area contributed by atoms with Crippen molar-refractivity contribution in [2.45, 2.75) is 50.9 Å². The quantitative estimate of drug-likeness (QED) is 0.765. The first-order valence-corrected chi connectivity index (χ1v) is 7.38. The molecule has 0 radical (unpaired) electrons. The maximum absolute atomic E-state index is 12.9. The van der Waals surface area contributed by atoms with Crippen LogP contribution >= 0.6 is 0 Å². The highest BCUT2D eigenvalue weighted by Crippen LogP contribution is 2.28. The molecule has 0 amide bonds. The lowest BCUT2D eigenvalue weighted by Crippen LogP contribution is -2.15. The van der Waals surface area contributed by atoms with E-state index < -0.39 is 5.92 Å². The Morgan fingerprint density at radius 2 is 1.80 bits per heavy atom. The van der Waals surface area contributed by atoms with E-state index >= 15 is 0 Å². The van der Waals surface area contributed by atoms with Crippen molar-refractivity contribution >= 4 is 5.78 Å². The van der Waals surface area contributed by atoms with Crippen LogP contribution in [0.3, 0.4) is 0 Å². The molecule has 0 aliphatic heterocycles. The van der Waals surface area contributed by atoms with Crippen LogP contribution in [0.2, 0.25) is 0 Å². The minimum atomic E-state index is -0.751. The van der Waals surface area contributed by atoms with Gasteiger partial charge in [-0.2, -0.15) is 5.26 Å². The van der Waals surface area contributed by atoms with Crippen LogP contribution in [0.15, 0.2) is 24.3 Å². The zero-order valence-corrected chi connectivity index (χ0v) is 11.6. The van der Waals surface area contributed by atoms with Gasteiger partial charge in [-0.05, 0) is 23.6 Å². The van der Waals surface area contributed by atoms with E-state index in [4.69, 9.17) is 0 Å². The molecule has 0 aromatic heterocycles. The van der Waals surface area contributed by atoms with E-state index in [0.717, 1.165) is 12.8 Å². The average Bonchev–Trinajstić information content (AvgIpc) is 2.70. The molecule has 1 atom stereocenters. The van der Waals surface area contributed by atoms with Gasteiger partial charge in [0.05, 0.1) is 6.07 Å². The van der Waals surface area contributed by atoms with Crippen LogP contribution in [0.1, 0.15) is 56.4 Å². The molecule has 0 spiro atoms. The fraction of sp³-hybridized carbons (Fsp3) is 0.529. The molecule has 2 rings (SSSR count). The second-order valence-electron chi connectivity index (χ2n) is 5.64. The number of rotatable bonds is 4. The van der Waals surface area contributed by atoms with Crippen molar-refractivity contribution < 1.29 is 9.18 Å². The fourth-order valence-corrected chi connectivity index (χ4v) is 2.96. The molecular weight excluding hydrogens is 253 g/mol. The Bertz CT molecular complexity index is 481. The summed E-state index contributed by atoms with van der Waals surface area (Å²) < 4.78 is 12.9. The normalized spacial score (nSPS) is 18.0. The van der Waals surface area contributed by atoms with Crippen molar-refractivity contribution in [1.29, 1.82) is 5.26 Å². The second kappa shape index (κ2) is 7.19. The van der Waals surface area contributed by atoms with E-state index in [9.17, 15) is 14.4 Å². The Kier molecular flexibility index (Phi) is 5.29. The summed E-state index contributed by atoms with van der Waals surface area (Å²) in [5.41, 5.74) is 0.604. The lowest BCUT2D eigenvalue weighted by molar-refractivity contribution is -0.120. The van der Waals surface area contributed by atoms with Gasteiger partial charge in [-0.3, -0.25) is 4.79 Å². The van der Waals surface area contributed by atoms with Crippen molar-refractivity contribution in [3.05, 3.63) is 35.6 Å². The summed E-state index contributed by atoms with van der Waals surface area (Å²) in [4.78, 5) is 12.3. The maximum Gasteiger partial charge on any atom is 0.154 e. The van der Waals surface area contributed by atoms with E-state index in [1.807, 2.05) is 0 Å². The van der Waals surface area contributed by atoms with Crippen LogP contribution in [-0.2, 0) is 4.79 Å². The molecule has 1 aromatic carbocycles. The molecule has 20 heavy (non-hydrogen) atoms. The number of benzene rings is 1. The molecule has 1 unspecified atom stereocenters. The van der Waals surface area contributed by atoms with E-state index in [2.05, 4.69) is 6.07 Å². The van der Waals surface area contributed by atoms with Gasteiger partial charge in [0.25, 0.3) is 0 Å². The summed E-state index contributed by atoms with van der Waals surface area (Å²) in [6.45, 7) is 0. The summed E-state index contributed by atoms with van der Waals surface area (Å²) >= 11 is 0. The number of carbonyl (C=O) groups is 1. The molecule has 1 aliphatic rings. The first-order valence-electron chi connectivity index (χ1n) is 7.38. The highest BCUT2D eigenvalue weighted by atomic mass is 19.1. The summed E-state index contributed by atoms with van der Waals surface area (Å²) in [5.74, 6) is -0.701. The zero-order chi connectivity index (χ0) is 14.4. The molecule has 1 aromatic rings. The van der Waals surface area contributed by atoms with E-state index in [1.54, 1.807) is 0 Å². The van der Waals surface area contributed by atoms with Crippen molar-refractivity contribution in [3.63, 3.8) is 0 Å². The van der Waals surface area contributed by atoms with Gasteiger partial charge in [0.2, 0.25) is 0 Å². The van der Waals surface area contributed by atoms with Crippen LogP contribution in [0, 0.1) is 23.1 Å². The fourth-order valence-electron chi connectivity index (χ4n) is 2.96. The number of ketones is 1. The van der Waals surface area contributed by atoms with Gasteiger partial charge >= 0.3 is 0 Å². The Morgan fingerprint density at radius 1 is 1.20 bits per heavy atom. The molecule has 1 fully saturated rings. The number of Topliss-reactive ketones (excluding diaryl/α,β-unsaturated/α-hetero) is 1. The molecule has 2 nitrogen and oxygen atoms in total. The third-order valence-corrected chi connectivity index (χ3v) is 4.12. The van der Waals surface area contributed by atoms with Crippen LogP contribution in [-0.4, -0.2) is 5.78 Å². The molecule has 1 saturated carbocycles. The topological polar surface area (TPSA) is 40.9 Å². The largest absolute Gasteiger partial charge is 0.298 e. The Labute approximate surface area is 119 Å². The monoisotopic (exact) mass is 273 g/mol. The first kappa shape index (κ1) is 14.7. The number of halogens is 1. The predicted octanol–water partition coefficient (Wildman–Crippen LogP) is 4.36. The van der Waals surface area contributed by atoms with Gasteiger partial charge in [0.15, 0.2) is 5.78 Å². The van der Waals surface area contributed by atoms with Gasteiger partial charge in [0, 0.05) is 6.42 Å². The highest BCUT2D eigenvalue weighted by molar-refractivity contribution is 5.88. The number of carbonyl (C=O) groups excluding carboxylic acids is 1. The molecule has 1 aliphatic carbocycles. The SMILES string of the molecule is N#CC(C(=O)CC1CCCCCC1)c1ccc(F)cc1. The zero-order valence-electron chi connectivity index (χ0n) is 11.6. The van der Waals surface area contributed by atoms with E-state index in [0.29, 0.717) is 17.9 Å². The number of hydrogen-bond acceptors (Lipinski definition) is 2. The first-order chi connectivity index (χ1) is 9.70. The van der Waals surface area contributed by atoms with Gasteiger partial charge < -0.3 is 0 Å². The summed E-state index contributed by atoms with van der Waals surface area (Å²) in [6, 6.07) is 7.75. The van der Waals surface area contributed by atoms with Gasteiger partial charge in [0.1, 0.15) is 11.7 Å². The number of nitrogens with zero attached hydrogens (tertiary/aromatic N) is 1. The Morgan fingerprint density at radius 3 is 2.35 bits per heavy atom. The summed E-state index contributed by atoms with van der Waals surface area (Å²) in [6.07, 6.45) is 7.54. The highest BCUT2D eigenvalue weighted by Gasteiger charge is 2.24. The third kappa shape index (κ3) is 3.90. The Balaban J connectivity index is 2.01. The Hall–Kier alpha value is -1.69. The number of nitriles is 1. The second-order valence-corrected chi connectivity index (χ2v) is 5.64. The molecule has 3 heteroatoms. The maximum atomic E-state index is 12.9. The minimum Gasteiger partial charge on any atom is -0.298 e. The van der Waals surface area contributed by atoms with Crippen LogP contribution in [0.25, 0.3) is 0 Å². The smallest absolute Gasteiger partial charge is 0.154 e. The van der Waals surface area contributed by atoms with Crippen LogP contribution in [0.4, 0.5) is 4.39 Å². The van der Waals surface area contributed by atoms with Crippen molar-refractivity contribution in [2.24, 2.45) is 5.92 Å². The molecular formula is C17H20FNO. The van der Waals surface area contributed by atoms with Gasteiger partial charge in [-0.25, -0.2) is 4.39 Å². The predicted molar refractivity (Wildman–Crippen MR) is 75.6 cm³/mol. The van der Waals surface area contributed by atoms with Crippen LogP contribution in [0.5, 0.6) is 0 Å². The molecule has 0 heterocycles. The van der Waals surface area contributed by atoms with Gasteiger partial charge in [-0.1, -0.05) is 50.7 Å². The number of hydrogen-bond donors (Lipinski definition) is 0. The van der Waals surface area contributed by atoms with E-state index in [-0.39, 0.29) is 11.6 Å². The minimum absolute atomic E-state index is 0.0222. The lowest BCUT2D eigenvalue weighted by Gasteiger charge is -2.15. The van der Waals surface area contributed by atoms with Crippen LogP contribution < -0.4 is 0 Å². The lowest BCUT2D eigenvalue weighted by atomic mass is 9.87.